The van der Waals surface area contributed by atoms with Crippen molar-refractivity contribution in [1.29, 1.82) is 0 Å². The van der Waals surface area contributed by atoms with Crippen LogP contribution in [0.4, 0.5) is 5.69 Å². The van der Waals surface area contributed by atoms with Crippen LogP contribution in [0.3, 0.4) is 0 Å². The largest absolute Gasteiger partial charge is 0.495 e. The molecule has 6 heteroatoms. The van der Waals surface area contributed by atoms with Gasteiger partial charge in [0.2, 0.25) is 0 Å². The van der Waals surface area contributed by atoms with Crippen LogP contribution in [0.25, 0.3) is 0 Å². The highest BCUT2D eigenvalue weighted by Crippen LogP contribution is 2.24. The summed E-state index contributed by atoms with van der Waals surface area (Å²) in [6.45, 7) is 2.25. The van der Waals surface area contributed by atoms with E-state index in [1.54, 1.807) is 25.3 Å². The van der Waals surface area contributed by atoms with Crippen molar-refractivity contribution in [1.82, 2.24) is 5.32 Å². The molecule has 0 saturated heterocycles. The molecule has 3 N–H and O–H groups in total. The fraction of sp³-hybridized carbons (Fsp3) is 0.500. The predicted molar refractivity (Wildman–Crippen MR) is 77.1 cm³/mol. The summed E-state index contributed by atoms with van der Waals surface area (Å²) in [5.74, 6) is 0.291. The van der Waals surface area contributed by atoms with E-state index in [9.17, 15) is 4.79 Å². The smallest absolute Gasteiger partial charge is 0.253 e. The molecular formula is C14H22N2O4. The molecule has 1 aromatic rings. The van der Waals surface area contributed by atoms with Crippen LogP contribution in [0.5, 0.6) is 5.75 Å². The summed E-state index contributed by atoms with van der Waals surface area (Å²) in [5, 5.41) is 2.80. The summed E-state index contributed by atoms with van der Waals surface area (Å²) in [7, 11) is 3.15. The van der Waals surface area contributed by atoms with Gasteiger partial charge in [-0.1, -0.05) is 6.07 Å². The van der Waals surface area contributed by atoms with Crippen molar-refractivity contribution in [3.05, 3.63) is 23.8 Å². The van der Waals surface area contributed by atoms with E-state index in [1.165, 1.54) is 7.11 Å². The third-order valence-corrected chi connectivity index (χ3v) is 2.71. The first-order valence-electron chi connectivity index (χ1n) is 6.48. The first-order chi connectivity index (χ1) is 9.70. The molecule has 0 fully saturated rings. The normalized spacial score (nSPS) is 10.3. The van der Waals surface area contributed by atoms with Crippen molar-refractivity contribution in [2.75, 3.05) is 46.3 Å². The highest BCUT2D eigenvalue weighted by molar-refractivity contribution is 6.00. The van der Waals surface area contributed by atoms with Crippen molar-refractivity contribution in [3.8, 4) is 5.75 Å². The number of nitrogens with two attached hydrogens (primary N) is 1. The Kier molecular flexibility index (Phi) is 7.46. The lowest BCUT2D eigenvalue weighted by Gasteiger charge is -2.10. The Morgan fingerprint density at radius 3 is 2.75 bits per heavy atom. The Balaban J connectivity index is 2.33. The summed E-state index contributed by atoms with van der Waals surface area (Å²) < 4.78 is 15.2. The number of hydrogen-bond acceptors (Lipinski definition) is 5. The summed E-state index contributed by atoms with van der Waals surface area (Å²) in [6.07, 6.45) is 0.735. The molecule has 6 nitrogen and oxygen atoms in total. The van der Waals surface area contributed by atoms with Gasteiger partial charge in [0.25, 0.3) is 5.91 Å². The first-order valence-corrected chi connectivity index (χ1v) is 6.48. The topological polar surface area (TPSA) is 82.8 Å². The second-order valence-electron chi connectivity index (χ2n) is 4.14. The number of anilines is 1. The number of para-hydroxylation sites is 1. The molecule has 0 heterocycles. The van der Waals surface area contributed by atoms with Gasteiger partial charge in [0.15, 0.2) is 0 Å². The van der Waals surface area contributed by atoms with E-state index in [2.05, 4.69) is 5.32 Å². The number of carbonyl (C=O) groups excluding carboxylic acids is 1. The zero-order valence-corrected chi connectivity index (χ0v) is 12.0. The van der Waals surface area contributed by atoms with E-state index in [-0.39, 0.29) is 5.91 Å². The summed E-state index contributed by atoms with van der Waals surface area (Å²) in [5.41, 5.74) is 6.63. The second kappa shape index (κ2) is 9.17. The molecule has 0 aliphatic heterocycles. The maximum atomic E-state index is 12.0. The van der Waals surface area contributed by atoms with Crippen molar-refractivity contribution >= 4 is 11.6 Å². The highest BCUT2D eigenvalue weighted by atomic mass is 16.5. The minimum atomic E-state index is -0.210. The molecule has 112 valence electrons. The third-order valence-electron chi connectivity index (χ3n) is 2.71. The minimum Gasteiger partial charge on any atom is -0.495 e. The lowest BCUT2D eigenvalue weighted by atomic mass is 10.1. The second-order valence-corrected chi connectivity index (χ2v) is 4.14. The molecule has 0 aliphatic carbocycles. The summed E-state index contributed by atoms with van der Waals surface area (Å²) in [4.78, 5) is 12.0. The van der Waals surface area contributed by atoms with Crippen LogP contribution in [0.15, 0.2) is 18.2 Å². The molecule has 0 bridgehead atoms. The molecule has 0 radical (unpaired) electrons. The van der Waals surface area contributed by atoms with E-state index in [4.69, 9.17) is 19.9 Å². The number of benzene rings is 1. The van der Waals surface area contributed by atoms with Crippen LogP contribution < -0.4 is 15.8 Å². The monoisotopic (exact) mass is 282 g/mol. The van der Waals surface area contributed by atoms with Crippen molar-refractivity contribution in [2.24, 2.45) is 0 Å². The Morgan fingerprint density at radius 1 is 1.25 bits per heavy atom. The molecule has 0 aromatic heterocycles. The molecule has 0 atom stereocenters. The number of ether oxygens (including phenoxy) is 3. The first kappa shape index (κ1) is 16.3. The zero-order chi connectivity index (χ0) is 14.8. The molecule has 0 saturated carbocycles. The van der Waals surface area contributed by atoms with Crippen LogP contribution in [0, 0.1) is 0 Å². The van der Waals surface area contributed by atoms with Crippen LogP contribution in [-0.4, -0.2) is 46.5 Å². The average molecular weight is 282 g/mol. The van der Waals surface area contributed by atoms with Crippen molar-refractivity contribution in [3.63, 3.8) is 0 Å². The Hall–Kier alpha value is -1.79. The molecule has 1 rings (SSSR count). The van der Waals surface area contributed by atoms with Crippen molar-refractivity contribution in [2.45, 2.75) is 6.42 Å². The summed E-state index contributed by atoms with van der Waals surface area (Å²) >= 11 is 0. The summed E-state index contributed by atoms with van der Waals surface area (Å²) in [6, 6.07) is 5.12. The molecule has 0 spiro atoms. The van der Waals surface area contributed by atoms with Crippen LogP contribution >= 0.6 is 0 Å². The lowest BCUT2D eigenvalue weighted by molar-refractivity contribution is 0.0688. The van der Waals surface area contributed by atoms with Gasteiger partial charge >= 0.3 is 0 Å². The maximum Gasteiger partial charge on any atom is 0.253 e. The van der Waals surface area contributed by atoms with Gasteiger partial charge in [-0.15, -0.1) is 0 Å². The number of amides is 1. The fourth-order valence-corrected chi connectivity index (χ4v) is 1.64. The average Bonchev–Trinajstić information content (AvgIpc) is 2.46. The van der Waals surface area contributed by atoms with Crippen LogP contribution in [-0.2, 0) is 9.47 Å². The molecule has 20 heavy (non-hydrogen) atoms. The van der Waals surface area contributed by atoms with Gasteiger partial charge in [0, 0.05) is 20.3 Å². The predicted octanol–water partition coefficient (Wildman–Crippen LogP) is 1.06. The van der Waals surface area contributed by atoms with Gasteiger partial charge in [-0.3, -0.25) is 4.79 Å². The van der Waals surface area contributed by atoms with E-state index in [1.807, 2.05) is 0 Å². The van der Waals surface area contributed by atoms with E-state index in [0.717, 1.165) is 6.42 Å². The molecule has 0 aliphatic rings. The Labute approximate surface area is 119 Å². The number of nitrogen functional groups attached to an aromatic ring is 1. The standard InChI is InChI=1S/C14H22N2O4/c1-18-9-10-20-8-4-7-16-14(17)11-5-3-6-12(19-2)13(11)15/h3,5-6H,4,7-10,15H2,1-2H3,(H,16,17). The molecule has 1 aromatic carbocycles. The Morgan fingerprint density at radius 2 is 2.05 bits per heavy atom. The number of hydrogen-bond donors (Lipinski definition) is 2. The van der Waals surface area contributed by atoms with Gasteiger partial charge in [-0.25, -0.2) is 0 Å². The minimum absolute atomic E-state index is 0.210. The zero-order valence-electron chi connectivity index (χ0n) is 12.0. The van der Waals surface area contributed by atoms with Crippen LogP contribution in [0.1, 0.15) is 16.8 Å². The number of methoxy groups -OCH3 is 2. The van der Waals surface area contributed by atoms with Gasteiger partial charge in [0.05, 0.1) is 31.6 Å². The van der Waals surface area contributed by atoms with Crippen LogP contribution in [0.2, 0.25) is 0 Å². The van der Waals surface area contributed by atoms with Gasteiger partial charge in [-0.2, -0.15) is 0 Å². The molecular weight excluding hydrogens is 260 g/mol. The number of carbonyl (C=O) groups is 1. The third kappa shape index (κ3) is 5.07. The SMILES string of the molecule is COCCOCCCNC(=O)c1cccc(OC)c1N. The molecule has 1 amide bonds. The number of rotatable bonds is 9. The van der Waals surface area contributed by atoms with E-state index < -0.39 is 0 Å². The van der Waals surface area contributed by atoms with E-state index >= 15 is 0 Å². The van der Waals surface area contributed by atoms with Crippen molar-refractivity contribution < 1.29 is 19.0 Å². The fourth-order valence-electron chi connectivity index (χ4n) is 1.64. The van der Waals surface area contributed by atoms with E-state index in [0.29, 0.717) is 43.4 Å². The quantitative estimate of drug-likeness (QED) is 0.523. The lowest BCUT2D eigenvalue weighted by Crippen LogP contribution is -2.26. The Bertz CT molecular complexity index is 424. The van der Waals surface area contributed by atoms with Gasteiger partial charge < -0.3 is 25.3 Å². The van der Waals surface area contributed by atoms with Gasteiger partial charge in [-0.05, 0) is 18.6 Å². The molecule has 0 unspecified atom stereocenters. The highest BCUT2D eigenvalue weighted by Gasteiger charge is 2.12. The van der Waals surface area contributed by atoms with Gasteiger partial charge in [0.1, 0.15) is 5.75 Å². The number of nitrogens with one attached hydrogen (secondary N) is 1. The maximum absolute atomic E-state index is 12.0.